The number of anilines is 1. The number of carbonyl (C=O) groups is 1. The van der Waals surface area contributed by atoms with Crippen LogP contribution in [0.3, 0.4) is 0 Å². The Bertz CT molecular complexity index is 1280. The molecule has 1 heterocycles. The number of aromatic nitrogens is 1. The molecule has 178 valence electrons. The minimum atomic E-state index is -3.35. The number of hydrogen-bond acceptors (Lipinski definition) is 4. The third-order valence-electron chi connectivity index (χ3n) is 5.16. The molecule has 0 aliphatic carbocycles. The maximum Gasteiger partial charge on any atom is 0.244 e. The van der Waals surface area contributed by atoms with Crippen LogP contribution in [0.15, 0.2) is 66.7 Å². The monoisotopic (exact) mass is 481 g/mol. The Balaban J connectivity index is 1.63. The first kappa shape index (κ1) is 25.1. The molecule has 0 saturated carbocycles. The van der Waals surface area contributed by atoms with Crippen molar-refractivity contribution >= 4 is 27.7 Å². The summed E-state index contributed by atoms with van der Waals surface area (Å²) in [7, 11) is -3.35. The highest BCUT2D eigenvalue weighted by Gasteiger charge is 2.08. The lowest BCUT2D eigenvalue weighted by atomic mass is 10.0. The summed E-state index contributed by atoms with van der Waals surface area (Å²) in [4.78, 5) is 16.8. The average Bonchev–Trinajstić information content (AvgIpc) is 2.81. The van der Waals surface area contributed by atoms with Gasteiger partial charge in [0.25, 0.3) is 0 Å². The first-order valence-electron chi connectivity index (χ1n) is 10.9. The Labute approximate surface area is 200 Å². The van der Waals surface area contributed by atoms with E-state index in [2.05, 4.69) is 15.0 Å². The Hall–Kier alpha value is -3.52. The predicted molar refractivity (Wildman–Crippen MR) is 133 cm³/mol. The van der Waals surface area contributed by atoms with Crippen molar-refractivity contribution in [1.82, 2.24) is 10.3 Å². The van der Waals surface area contributed by atoms with Gasteiger partial charge in [-0.2, -0.15) is 0 Å². The summed E-state index contributed by atoms with van der Waals surface area (Å²) in [6.07, 6.45) is 5.62. The molecule has 0 saturated heterocycles. The van der Waals surface area contributed by atoms with Crippen LogP contribution in [0.1, 0.15) is 33.6 Å². The zero-order valence-electron chi connectivity index (χ0n) is 19.2. The van der Waals surface area contributed by atoms with Crippen LogP contribution in [0.4, 0.5) is 10.1 Å². The molecule has 1 aromatic heterocycles. The van der Waals surface area contributed by atoms with Crippen LogP contribution in [0.25, 0.3) is 6.08 Å². The number of nitrogens with zero attached hydrogens (tertiary/aromatic N) is 1. The Morgan fingerprint density at radius 2 is 1.79 bits per heavy atom. The van der Waals surface area contributed by atoms with E-state index in [1.165, 1.54) is 6.08 Å². The predicted octanol–water partition coefficient (Wildman–Crippen LogP) is 4.35. The number of amides is 1. The molecule has 0 atom stereocenters. The van der Waals surface area contributed by atoms with Gasteiger partial charge in [-0.25, -0.2) is 12.8 Å². The minimum Gasteiger partial charge on any atom is -0.348 e. The van der Waals surface area contributed by atoms with E-state index in [0.29, 0.717) is 24.3 Å². The summed E-state index contributed by atoms with van der Waals surface area (Å²) in [6, 6.07) is 18.6. The van der Waals surface area contributed by atoms with Crippen molar-refractivity contribution in [2.45, 2.75) is 33.0 Å². The van der Waals surface area contributed by atoms with Crippen molar-refractivity contribution in [3.05, 3.63) is 100 Å². The smallest absolute Gasteiger partial charge is 0.244 e. The van der Waals surface area contributed by atoms with Gasteiger partial charge < -0.3 is 5.32 Å². The molecular weight excluding hydrogens is 453 g/mol. The van der Waals surface area contributed by atoms with E-state index in [1.54, 1.807) is 37.3 Å². The highest BCUT2D eigenvalue weighted by Crippen LogP contribution is 2.18. The maximum absolute atomic E-state index is 13.1. The Morgan fingerprint density at radius 3 is 2.47 bits per heavy atom. The normalized spacial score (nSPS) is 11.5. The number of hydrogen-bond donors (Lipinski definition) is 2. The number of pyridine rings is 1. The largest absolute Gasteiger partial charge is 0.348 e. The summed E-state index contributed by atoms with van der Waals surface area (Å²) in [5.74, 6) is -0.278. The van der Waals surface area contributed by atoms with E-state index in [0.717, 1.165) is 40.6 Å². The third kappa shape index (κ3) is 7.81. The second kappa shape index (κ2) is 11.6. The first-order chi connectivity index (χ1) is 16.2. The van der Waals surface area contributed by atoms with E-state index >= 15 is 0 Å². The van der Waals surface area contributed by atoms with Gasteiger partial charge in [0.1, 0.15) is 6.67 Å². The van der Waals surface area contributed by atoms with Gasteiger partial charge in [-0.1, -0.05) is 48.5 Å². The number of aryl methyl sites for hydroxylation is 3. The van der Waals surface area contributed by atoms with Crippen LogP contribution in [0.5, 0.6) is 0 Å². The highest BCUT2D eigenvalue weighted by atomic mass is 32.2. The summed E-state index contributed by atoms with van der Waals surface area (Å²) in [5.41, 5.74) is 5.16. The van der Waals surface area contributed by atoms with Gasteiger partial charge in [0.15, 0.2) is 0 Å². The van der Waals surface area contributed by atoms with Crippen LogP contribution in [0, 0.1) is 6.92 Å². The highest BCUT2D eigenvalue weighted by molar-refractivity contribution is 7.92. The number of rotatable bonds is 10. The first-order valence-corrected chi connectivity index (χ1v) is 12.7. The molecular formula is C26H28FN3O3S. The lowest BCUT2D eigenvalue weighted by molar-refractivity contribution is -0.116. The number of alkyl halides is 1. The second-order valence-corrected chi connectivity index (χ2v) is 9.78. The average molecular weight is 482 g/mol. The number of sulfonamides is 1. The van der Waals surface area contributed by atoms with E-state index < -0.39 is 16.7 Å². The molecule has 0 fully saturated rings. The number of benzene rings is 2. The number of halogens is 1. The fourth-order valence-electron chi connectivity index (χ4n) is 3.45. The molecule has 2 aromatic carbocycles. The molecule has 0 radical (unpaired) electrons. The molecule has 0 spiro atoms. The number of nitrogens with one attached hydrogen (secondary N) is 2. The molecule has 0 aliphatic heterocycles. The molecule has 6 nitrogen and oxygen atoms in total. The lowest BCUT2D eigenvalue weighted by Gasteiger charge is -2.10. The van der Waals surface area contributed by atoms with Crippen molar-refractivity contribution in [1.29, 1.82) is 0 Å². The molecule has 3 aromatic rings. The molecule has 3 rings (SSSR count). The molecule has 0 aliphatic rings. The van der Waals surface area contributed by atoms with Crippen LogP contribution < -0.4 is 10.0 Å². The van der Waals surface area contributed by atoms with Gasteiger partial charge in [0.2, 0.25) is 15.9 Å². The van der Waals surface area contributed by atoms with E-state index in [4.69, 9.17) is 0 Å². The van der Waals surface area contributed by atoms with Crippen LogP contribution in [-0.4, -0.2) is 25.6 Å². The van der Waals surface area contributed by atoms with Gasteiger partial charge in [0.05, 0.1) is 17.6 Å². The fraction of sp³-hybridized carbons (Fsp3) is 0.231. The zero-order valence-corrected chi connectivity index (χ0v) is 20.0. The molecule has 34 heavy (non-hydrogen) atoms. The van der Waals surface area contributed by atoms with Crippen LogP contribution >= 0.6 is 0 Å². The lowest BCUT2D eigenvalue weighted by Crippen LogP contribution is -2.20. The van der Waals surface area contributed by atoms with Crippen molar-refractivity contribution in [2.75, 3.05) is 11.0 Å². The SMILES string of the molecule is Cc1cc(CNC(=O)/C=C/c2ccc(CF)nc2CCc2ccccc2)ccc1NS(C)(=O)=O. The van der Waals surface area contributed by atoms with E-state index in [1.807, 2.05) is 36.4 Å². The third-order valence-corrected chi connectivity index (χ3v) is 5.76. The summed E-state index contributed by atoms with van der Waals surface area (Å²) >= 11 is 0. The quantitative estimate of drug-likeness (QED) is 0.422. The van der Waals surface area contributed by atoms with Gasteiger partial charge >= 0.3 is 0 Å². The Morgan fingerprint density at radius 1 is 1.03 bits per heavy atom. The summed E-state index contributed by atoms with van der Waals surface area (Å²) in [6.45, 7) is 1.45. The summed E-state index contributed by atoms with van der Waals surface area (Å²) in [5, 5.41) is 2.82. The molecule has 8 heteroatoms. The van der Waals surface area contributed by atoms with Crippen molar-refractivity contribution < 1.29 is 17.6 Å². The van der Waals surface area contributed by atoms with E-state index in [-0.39, 0.29) is 5.91 Å². The standard InChI is InChI=1S/C26H28FN3O3S/c1-19-16-21(9-13-24(19)30-34(2,32)33)18-28-26(31)15-11-22-10-12-23(17-27)29-25(22)14-8-20-6-4-3-5-7-20/h3-7,9-13,15-16,30H,8,14,17-18H2,1-2H3,(H,28,31)/b15-11+. The number of carbonyl (C=O) groups excluding carboxylic acids is 1. The second-order valence-electron chi connectivity index (χ2n) is 8.03. The summed E-state index contributed by atoms with van der Waals surface area (Å²) < 4.78 is 38.4. The molecule has 1 amide bonds. The molecule has 0 bridgehead atoms. The van der Waals surface area contributed by atoms with Gasteiger partial charge in [-0.3, -0.25) is 14.5 Å². The van der Waals surface area contributed by atoms with E-state index in [9.17, 15) is 17.6 Å². The topological polar surface area (TPSA) is 88.2 Å². The Kier molecular flexibility index (Phi) is 8.54. The van der Waals surface area contributed by atoms with Crippen molar-refractivity contribution in [3.8, 4) is 0 Å². The van der Waals surface area contributed by atoms with Crippen molar-refractivity contribution in [2.24, 2.45) is 0 Å². The van der Waals surface area contributed by atoms with Crippen molar-refractivity contribution in [3.63, 3.8) is 0 Å². The maximum atomic E-state index is 13.1. The minimum absolute atomic E-state index is 0.278. The van der Waals surface area contributed by atoms with Crippen LogP contribution in [0.2, 0.25) is 0 Å². The van der Waals surface area contributed by atoms with Gasteiger partial charge in [-0.15, -0.1) is 0 Å². The fourth-order valence-corrected chi connectivity index (χ4v) is 4.08. The zero-order chi connectivity index (χ0) is 24.6. The van der Waals surface area contributed by atoms with Gasteiger partial charge in [0, 0.05) is 18.3 Å². The molecule has 0 unspecified atom stereocenters. The van der Waals surface area contributed by atoms with Gasteiger partial charge in [-0.05, 0) is 60.2 Å². The molecule has 2 N–H and O–H groups in total. The van der Waals surface area contributed by atoms with Crippen LogP contribution in [-0.2, 0) is 40.9 Å².